The molecule has 1 amide bonds. The molecule has 3 rings (SSSR count). The van der Waals surface area contributed by atoms with Gasteiger partial charge in [0.2, 0.25) is 0 Å². The third-order valence-electron chi connectivity index (χ3n) is 7.04. The highest BCUT2D eigenvalue weighted by atomic mass is 16.6. The molecule has 0 bridgehead atoms. The molecule has 2 atom stereocenters. The summed E-state index contributed by atoms with van der Waals surface area (Å²) in [6.45, 7) is 3.52. The number of hydrogen-bond donors (Lipinski definition) is 3. The number of carboxylic acid groups (broad SMARTS) is 2. The van der Waals surface area contributed by atoms with Gasteiger partial charge in [0, 0.05) is 31.5 Å². The number of carboxylic acids is 2. The standard InChI is InChI=1S/C32H41N3O7/c1-22-20-34-27(35-23(22)2)14-6-4-10-18-41-29(30(32(39)40)42-21-28(36)37)31(38)33-17-9-3-5-11-24-15-16-25-12-7-8-13-26(25)19-24/h7-8,12-13,15-16,19-20,29-30H,3-6,9-11,14,17-18,21H2,1-2H3,(H,33,38)(H,36,37)(H,39,40). The first-order valence-electron chi connectivity index (χ1n) is 14.5. The van der Waals surface area contributed by atoms with Crippen LogP contribution in [0.15, 0.2) is 48.7 Å². The molecule has 42 heavy (non-hydrogen) atoms. The summed E-state index contributed by atoms with van der Waals surface area (Å²) >= 11 is 0. The minimum atomic E-state index is -1.74. The molecule has 0 aliphatic rings. The molecule has 3 N–H and O–H groups in total. The molecule has 0 aliphatic carbocycles. The van der Waals surface area contributed by atoms with E-state index >= 15 is 0 Å². The monoisotopic (exact) mass is 579 g/mol. The molecule has 2 unspecified atom stereocenters. The molecule has 226 valence electrons. The zero-order valence-corrected chi connectivity index (χ0v) is 24.4. The molecule has 0 fully saturated rings. The summed E-state index contributed by atoms with van der Waals surface area (Å²) in [6.07, 6.45) is 4.89. The molecular weight excluding hydrogens is 538 g/mol. The highest BCUT2D eigenvalue weighted by Gasteiger charge is 2.36. The maximum absolute atomic E-state index is 12.9. The number of hydrogen-bond acceptors (Lipinski definition) is 7. The molecule has 3 aromatic rings. The van der Waals surface area contributed by atoms with Crippen LogP contribution in [0.4, 0.5) is 0 Å². The molecule has 0 saturated heterocycles. The summed E-state index contributed by atoms with van der Waals surface area (Å²) < 4.78 is 10.7. The average molecular weight is 580 g/mol. The number of amides is 1. The van der Waals surface area contributed by atoms with Gasteiger partial charge in [-0.25, -0.2) is 19.6 Å². The van der Waals surface area contributed by atoms with Gasteiger partial charge in [0.05, 0.1) is 0 Å². The second-order valence-corrected chi connectivity index (χ2v) is 10.4. The van der Waals surface area contributed by atoms with E-state index in [1.54, 1.807) is 6.20 Å². The van der Waals surface area contributed by atoms with Gasteiger partial charge in [-0.1, -0.05) is 55.3 Å². The number of ether oxygens (including phenoxy) is 2. The van der Waals surface area contributed by atoms with Gasteiger partial charge in [-0.15, -0.1) is 0 Å². The number of nitrogens with one attached hydrogen (secondary N) is 1. The molecule has 10 nitrogen and oxygen atoms in total. The van der Waals surface area contributed by atoms with Crippen molar-refractivity contribution in [2.75, 3.05) is 19.8 Å². The second-order valence-electron chi connectivity index (χ2n) is 10.4. The summed E-state index contributed by atoms with van der Waals surface area (Å²) in [5, 5.41) is 23.7. The van der Waals surface area contributed by atoms with Crippen molar-refractivity contribution in [3.8, 4) is 0 Å². The summed E-state index contributed by atoms with van der Waals surface area (Å²) in [5.74, 6) is -2.66. The smallest absolute Gasteiger partial charge is 0.336 e. The van der Waals surface area contributed by atoms with Crippen LogP contribution in [0.5, 0.6) is 0 Å². The number of aromatic nitrogens is 2. The van der Waals surface area contributed by atoms with Crippen LogP contribution in [0.1, 0.15) is 61.2 Å². The van der Waals surface area contributed by atoms with Crippen LogP contribution >= 0.6 is 0 Å². The number of unbranched alkanes of at least 4 members (excludes halogenated alkanes) is 4. The SMILES string of the molecule is Cc1cnc(CCCCCOC(C(=O)NCCCCCc2ccc3ccccc3c2)C(OCC(=O)O)C(=O)O)nc1C. The predicted octanol–water partition coefficient (Wildman–Crippen LogP) is 4.43. The highest BCUT2D eigenvalue weighted by Crippen LogP contribution is 2.17. The summed E-state index contributed by atoms with van der Waals surface area (Å²) in [5.41, 5.74) is 3.24. The van der Waals surface area contributed by atoms with Crippen LogP contribution < -0.4 is 5.32 Å². The summed E-state index contributed by atoms with van der Waals surface area (Å²) in [6, 6.07) is 14.7. The Hall–Kier alpha value is -3.89. The van der Waals surface area contributed by atoms with Crippen molar-refractivity contribution in [2.24, 2.45) is 0 Å². The van der Waals surface area contributed by atoms with E-state index in [4.69, 9.17) is 14.6 Å². The van der Waals surface area contributed by atoms with Crippen LogP contribution in [0.2, 0.25) is 0 Å². The predicted molar refractivity (Wildman–Crippen MR) is 158 cm³/mol. The maximum atomic E-state index is 12.9. The van der Waals surface area contributed by atoms with Gasteiger partial charge in [0.1, 0.15) is 12.4 Å². The van der Waals surface area contributed by atoms with Crippen molar-refractivity contribution < 1.29 is 34.1 Å². The second kappa shape index (κ2) is 17.2. The topological polar surface area (TPSA) is 148 Å². The third-order valence-corrected chi connectivity index (χ3v) is 7.04. The summed E-state index contributed by atoms with van der Waals surface area (Å²) in [4.78, 5) is 44.6. The van der Waals surface area contributed by atoms with Crippen molar-refractivity contribution in [1.29, 1.82) is 0 Å². The molecule has 0 aliphatic heterocycles. The highest BCUT2D eigenvalue weighted by molar-refractivity contribution is 5.88. The largest absolute Gasteiger partial charge is 0.480 e. The maximum Gasteiger partial charge on any atom is 0.336 e. The lowest BCUT2D eigenvalue weighted by Crippen LogP contribution is -2.49. The lowest BCUT2D eigenvalue weighted by atomic mass is 10.0. The third kappa shape index (κ3) is 10.8. The number of aliphatic carboxylic acids is 2. The van der Waals surface area contributed by atoms with Gasteiger partial charge >= 0.3 is 11.9 Å². The van der Waals surface area contributed by atoms with E-state index in [9.17, 15) is 19.5 Å². The van der Waals surface area contributed by atoms with Crippen molar-refractivity contribution >= 4 is 28.6 Å². The molecular formula is C32H41N3O7. The number of rotatable bonds is 19. The molecule has 1 heterocycles. The number of carbonyl (C=O) groups is 3. The first-order chi connectivity index (χ1) is 20.2. The van der Waals surface area contributed by atoms with Crippen LogP contribution in [0.3, 0.4) is 0 Å². The minimum Gasteiger partial charge on any atom is -0.480 e. The Bertz CT molecular complexity index is 1330. The van der Waals surface area contributed by atoms with E-state index in [2.05, 4.69) is 45.6 Å². The number of benzene rings is 2. The Morgan fingerprint density at radius 3 is 2.33 bits per heavy atom. The molecule has 0 spiro atoms. The number of carbonyl (C=O) groups excluding carboxylic acids is 1. The van der Waals surface area contributed by atoms with Gasteiger partial charge in [0.25, 0.3) is 5.91 Å². The van der Waals surface area contributed by atoms with Gasteiger partial charge in [-0.2, -0.15) is 0 Å². The number of aryl methyl sites for hydroxylation is 4. The van der Waals surface area contributed by atoms with E-state index < -0.39 is 36.7 Å². The minimum absolute atomic E-state index is 0.123. The first-order valence-corrected chi connectivity index (χ1v) is 14.5. The molecule has 0 saturated carbocycles. The Kier molecular flexibility index (Phi) is 13.3. The van der Waals surface area contributed by atoms with Gasteiger partial charge in [-0.3, -0.25) is 4.79 Å². The van der Waals surface area contributed by atoms with Crippen LogP contribution in [-0.4, -0.2) is 70.0 Å². The Morgan fingerprint density at radius 2 is 1.60 bits per heavy atom. The zero-order valence-electron chi connectivity index (χ0n) is 24.4. The van der Waals surface area contributed by atoms with Gasteiger partial charge in [-0.05, 0) is 67.9 Å². The van der Waals surface area contributed by atoms with E-state index in [1.165, 1.54) is 16.3 Å². The number of nitrogens with zero attached hydrogens (tertiary/aromatic N) is 2. The van der Waals surface area contributed by atoms with Crippen LogP contribution in [0, 0.1) is 13.8 Å². The first kappa shape index (κ1) is 32.6. The van der Waals surface area contributed by atoms with Gasteiger partial charge < -0.3 is 25.0 Å². The van der Waals surface area contributed by atoms with Crippen molar-refractivity contribution in [3.63, 3.8) is 0 Å². The Labute approximate surface area is 246 Å². The fourth-order valence-electron chi connectivity index (χ4n) is 4.56. The number of fused-ring (bicyclic) bond motifs is 1. The van der Waals surface area contributed by atoms with E-state index in [-0.39, 0.29) is 6.61 Å². The molecule has 2 aromatic carbocycles. The van der Waals surface area contributed by atoms with Crippen LogP contribution in [0.25, 0.3) is 10.8 Å². The fourth-order valence-corrected chi connectivity index (χ4v) is 4.56. The lowest BCUT2D eigenvalue weighted by Gasteiger charge is -2.23. The summed E-state index contributed by atoms with van der Waals surface area (Å²) in [7, 11) is 0. The molecule has 10 heteroatoms. The van der Waals surface area contributed by atoms with Gasteiger partial charge in [0.15, 0.2) is 12.2 Å². The van der Waals surface area contributed by atoms with Crippen molar-refractivity contribution in [3.05, 3.63) is 71.3 Å². The van der Waals surface area contributed by atoms with Crippen LogP contribution in [-0.2, 0) is 36.7 Å². The lowest BCUT2D eigenvalue weighted by molar-refractivity contribution is -0.172. The fraction of sp³-hybridized carbons (Fsp3) is 0.469. The van der Waals surface area contributed by atoms with Crippen molar-refractivity contribution in [2.45, 2.75) is 77.4 Å². The Morgan fingerprint density at radius 1 is 0.857 bits per heavy atom. The van der Waals surface area contributed by atoms with E-state index in [1.807, 2.05) is 26.0 Å². The zero-order chi connectivity index (χ0) is 30.3. The van der Waals surface area contributed by atoms with Crippen molar-refractivity contribution in [1.82, 2.24) is 15.3 Å². The quantitative estimate of drug-likeness (QED) is 0.175. The molecule has 1 aromatic heterocycles. The Balaban J connectivity index is 1.43. The normalized spacial score (nSPS) is 12.6. The van der Waals surface area contributed by atoms with E-state index in [0.29, 0.717) is 25.8 Å². The molecule has 0 radical (unpaired) electrons. The average Bonchev–Trinajstić information content (AvgIpc) is 2.96. The van der Waals surface area contributed by atoms with E-state index in [0.717, 1.165) is 49.2 Å².